The van der Waals surface area contributed by atoms with Crippen molar-refractivity contribution in [3.8, 4) is 5.75 Å². The van der Waals surface area contributed by atoms with Crippen LogP contribution in [-0.4, -0.2) is 103 Å². The molecular formula is C62H82F4N4O8. The predicted octanol–water partition coefficient (Wildman–Crippen LogP) is 11.2. The first-order valence-corrected chi connectivity index (χ1v) is 26.3. The highest BCUT2D eigenvalue weighted by atomic mass is 19.1. The Labute approximate surface area is 460 Å². The van der Waals surface area contributed by atoms with Crippen LogP contribution in [0.3, 0.4) is 0 Å². The molecule has 2 aliphatic rings. The predicted molar refractivity (Wildman–Crippen MR) is 303 cm³/mol. The molecule has 16 heteroatoms. The van der Waals surface area contributed by atoms with Gasteiger partial charge in [-0.15, -0.1) is 0 Å². The van der Waals surface area contributed by atoms with Gasteiger partial charge in [0.25, 0.3) is 0 Å². The van der Waals surface area contributed by atoms with Crippen molar-refractivity contribution in [2.24, 2.45) is 17.6 Å². The maximum atomic E-state index is 13.4. The number of rotatable bonds is 23. The van der Waals surface area contributed by atoms with Crippen LogP contribution in [0.15, 0.2) is 151 Å². The third kappa shape index (κ3) is 24.3. The van der Waals surface area contributed by atoms with Gasteiger partial charge < -0.3 is 49.7 Å². The number of halogens is 4. The van der Waals surface area contributed by atoms with Crippen LogP contribution in [0.2, 0.25) is 0 Å². The zero-order chi connectivity index (χ0) is 57.7. The Bertz CT molecular complexity index is 2430. The maximum Gasteiger partial charge on any atom is 0.232 e. The molecule has 4 N–H and O–H groups in total. The van der Waals surface area contributed by atoms with Crippen molar-refractivity contribution in [1.29, 1.82) is 0 Å². The number of amides is 1. The number of β-lactam (4-membered cyclic amide) rings is 1. The first-order chi connectivity index (χ1) is 37.7. The number of para-hydroxylation sites is 1. The van der Waals surface area contributed by atoms with Crippen molar-refractivity contribution >= 4 is 30.4 Å². The number of nitrogens with one attached hydrogen (secondary N) is 1. The fourth-order valence-corrected chi connectivity index (χ4v) is 8.50. The molecule has 78 heavy (non-hydrogen) atoms. The highest BCUT2D eigenvalue weighted by molar-refractivity contribution is 6.02. The van der Waals surface area contributed by atoms with Crippen molar-refractivity contribution < 1.29 is 56.0 Å². The first-order valence-electron chi connectivity index (χ1n) is 26.3. The lowest BCUT2D eigenvalue weighted by Gasteiger charge is -2.55. The molecule has 1 unspecified atom stereocenters. The Balaban J connectivity index is 0.000000384. The average molecular weight is 1090 g/mol. The number of carbonyl (C=O) groups is 3. The van der Waals surface area contributed by atoms with Crippen LogP contribution >= 0.6 is 0 Å². The lowest BCUT2D eigenvalue weighted by molar-refractivity contribution is -0.130. The number of likely N-dealkylation sites (N-methyl/N-ethyl adjacent to an activating group) is 1. The number of hydrogen-bond donors (Lipinski definition) is 3. The van der Waals surface area contributed by atoms with Crippen LogP contribution < -0.4 is 25.6 Å². The summed E-state index contributed by atoms with van der Waals surface area (Å²) in [5.74, 6) is 0.679. The minimum Gasteiger partial charge on any atom is -0.499 e. The molecule has 5 atom stereocenters. The Kier molecular flexibility index (Phi) is 34.3. The largest absolute Gasteiger partial charge is 0.499 e. The van der Waals surface area contributed by atoms with E-state index in [4.69, 9.17) is 29.5 Å². The van der Waals surface area contributed by atoms with E-state index in [1.54, 1.807) is 60.5 Å². The van der Waals surface area contributed by atoms with Crippen LogP contribution in [0, 0.1) is 35.1 Å². The van der Waals surface area contributed by atoms with Crippen molar-refractivity contribution in [1.82, 2.24) is 5.32 Å². The number of aldehydes is 1. The molecule has 0 saturated carbocycles. The number of nitrogens with zero attached hydrogens (tertiary/aromatic N) is 2. The van der Waals surface area contributed by atoms with Gasteiger partial charge in [-0.25, -0.2) is 17.6 Å². The van der Waals surface area contributed by atoms with Crippen molar-refractivity contribution in [3.05, 3.63) is 185 Å². The zero-order valence-electron chi connectivity index (χ0n) is 46.4. The van der Waals surface area contributed by atoms with E-state index in [1.807, 2.05) is 88.9 Å². The number of allylic oxidation sites excluding steroid dienone is 3. The van der Waals surface area contributed by atoms with Gasteiger partial charge in [0.2, 0.25) is 5.91 Å². The zero-order valence-corrected chi connectivity index (χ0v) is 46.4. The Morgan fingerprint density at radius 1 is 0.731 bits per heavy atom. The normalized spacial score (nSPS) is 17.2. The van der Waals surface area contributed by atoms with Gasteiger partial charge in [0.1, 0.15) is 48.6 Å². The third-order valence-electron chi connectivity index (χ3n) is 12.4. The van der Waals surface area contributed by atoms with Gasteiger partial charge in [-0.05, 0) is 182 Å². The van der Waals surface area contributed by atoms with Crippen LogP contribution in [0.1, 0.15) is 71.4 Å². The van der Waals surface area contributed by atoms with Gasteiger partial charge in [0, 0.05) is 37.0 Å². The monoisotopic (exact) mass is 1090 g/mol. The summed E-state index contributed by atoms with van der Waals surface area (Å²) >= 11 is 0. The fourth-order valence-electron chi connectivity index (χ4n) is 8.50. The first kappa shape index (κ1) is 67.4. The molecule has 0 spiro atoms. The highest BCUT2D eigenvalue weighted by Crippen LogP contribution is 2.42. The number of aliphatic hydroxyl groups is 1. The van der Waals surface area contributed by atoms with Gasteiger partial charge in [-0.1, -0.05) is 61.0 Å². The van der Waals surface area contributed by atoms with Crippen molar-refractivity contribution in [3.63, 3.8) is 0 Å². The molecule has 2 saturated heterocycles. The lowest BCUT2D eigenvalue weighted by Crippen LogP contribution is -2.64. The second-order valence-electron chi connectivity index (χ2n) is 18.0. The number of ether oxygens (including phenoxy) is 4. The van der Waals surface area contributed by atoms with Gasteiger partial charge in [0.05, 0.1) is 44.1 Å². The molecule has 5 aromatic rings. The van der Waals surface area contributed by atoms with Gasteiger partial charge in [0.15, 0.2) is 6.29 Å². The second-order valence-corrected chi connectivity index (χ2v) is 18.0. The number of hydrogen-bond acceptors (Lipinski definition) is 11. The molecule has 2 heterocycles. The van der Waals surface area contributed by atoms with Crippen LogP contribution in [0.5, 0.6) is 5.75 Å². The SMILES string of the molecule is C=O.CCN.CCO/C(C)=C/C=C(\C)[C@@H]1[C@@H](CCCc2ccc(F)cc2)C(O)N1c1ccc(F)cc1.CNCCOCCOC.C[C@@H]1[C@@H](CCCc2ccc(F)cc2)C(=O)N1c1ccc(F)cc1.O=CCOc1ccccc1. The molecule has 5 aromatic carbocycles. The van der Waals surface area contributed by atoms with Crippen molar-refractivity contribution in [2.45, 2.75) is 91.5 Å². The number of aryl methyl sites for hydroxylation is 2. The molecule has 0 radical (unpaired) electrons. The number of methoxy groups -OCH3 is 1. The van der Waals surface area contributed by atoms with Gasteiger partial charge in [-0.2, -0.15) is 0 Å². The molecule has 0 aliphatic carbocycles. The second kappa shape index (κ2) is 39.6. The molecule has 426 valence electrons. The summed E-state index contributed by atoms with van der Waals surface area (Å²) in [7, 11) is 3.57. The maximum absolute atomic E-state index is 13.4. The van der Waals surface area contributed by atoms with E-state index in [-0.39, 0.29) is 59.7 Å². The number of aliphatic hydroxyl groups excluding tert-OH is 1. The number of benzene rings is 5. The van der Waals surface area contributed by atoms with E-state index in [9.17, 15) is 32.3 Å². The summed E-state index contributed by atoms with van der Waals surface area (Å²) in [5, 5.41) is 13.9. The molecule has 0 aromatic heterocycles. The summed E-state index contributed by atoms with van der Waals surface area (Å²) in [6.45, 7) is 16.4. The fraction of sp³-hybridized carbons (Fsp3) is 0.403. The average Bonchev–Trinajstić information content (AvgIpc) is 3.49. The number of carbonyl (C=O) groups excluding carboxylic acids is 3. The van der Waals surface area contributed by atoms with E-state index >= 15 is 0 Å². The molecule has 2 aliphatic heterocycles. The summed E-state index contributed by atoms with van der Waals surface area (Å²) < 4.78 is 72.7. The van der Waals surface area contributed by atoms with E-state index in [0.717, 1.165) is 104 Å². The Morgan fingerprint density at radius 3 is 1.71 bits per heavy atom. The van der Waals surface area contributed by atoms with E-state index in [0.29, 0.717) is 19.8 Å². The van der Waals surface area contributed by atoms with Crippen molar-refractivity contribution in [2.75, 3.05) is 70.1 Å². The van der Waals surface area contributed by atoms with E-state index < -0.39 is 6.23 Å². The Morgan fingerprint density at radius 2 is 1.23 bits per heavy atom. The van der Waals surface area contributed by atoms with E-state index in [1.165, 1.54) is 48.5 Å². The highest BCUT2D eigenvalue weighted by Gasteiger charge is 2.48. The Hall–Kier alpha value is -6.69. The van der Waals surface area contributed by atoms with Gasteiger partial charge in [-0.3, -0.25) is 9.59 Å². The van der Waals surface area contributed by atoms with Crippen LogP contribution in [0.4, 0.5) is 28.9 Å². The number of nitrogens with two attached hydrogens (primary N) is 1. The van der Waals surface area contributed by atoms with Crippen LogP contribution in [0.25, 0.3) is 0 Å². The summed E-state index contributed by atoms with van der Waals surface area (Å²) in [6, 6.07) is 34.7. The molecule has 0 bridgehead atoms. The summed E-state index contributed by atoms with van der Waals surface area (Å²) in [4.78, 5) is 33.8. The lowest BCUT2D eigenvalue weighted by atomic mass is 9.77. The van der Waals surface area contributed by atoms with Crippen LogP contribution in [-0.2, 0) is 41.4 Å². The minimum atomic E-state index is -0.635. The molecular weight excluding hydrogens is 1000 g/mol. The van der Waals surface area contributed by atoms with E-state index in [2.05, 4.69) is 12.2 Å². The topological polar surface area (TPSA) is 153 Å². The summed E-state index contributed by atoms with van der Waals surface area (Å²) in [5.41, 5.74) is 9.68. The smallest absolute Gasteiger partial charge is 0.232 e. The summed E-state index contributed by atoms with van der Waals surface area (Å²) in [6.07, 6.45) is 9.18. The third-order valence-corrected chi connectivity index (χ3v) is 12.4. The molecule has 7 rings (SSSR count). The molecule has 12 nitrogen and oxygen atoms in total. The molecule has 2 fully saturated rings. The minimum absolute atomic E-state index is 0.0133. The quantitative estimate of drug-likeness (QED) is 0.0143. The standard InChI is InChI=1S/C26H31F2NO2.C19H19F2NO.C8H8O2.C6H15NO2.C2H7N.CH2O/c1-4-31-19(3)9-8-18(2)25-24(7-5-6-20-10-12-21(27)13-11-20)26(30)29(25)23-16-14-22(28)15-17-23;1-13-18(4-2-3-14-5-7-15(20)8-6-14)19(23)22(13)17-11-9-16(21)10-12-17;9-6-7-10-8-4-2-1-3-5-8;1-7-3-4-9-6-5-8-2;1-2-3;1-2/h8-17,24-26,30H,4-7H2,1-3H3;5-13,18H,2-4H2,1H3;1-6H,7H2;7H,3-6H2,1-2H3;2-3H2,1H3;1H2/b18-8+,19-9+;;;;;/t24-,25-,26?;13-,18-;;;;/m11..../s1. The van der Waals surface area contributed by atoms with Gasteiger partial charge >= 0.3 is 0 Å². The molecule has 1 amide bonds. The number of anilines is 2.